The number of nitrogens with zero attached hydrogens (tertiary/aromatic N) is 3. The number of carbonyl (C=O) groups is 1. The van der Waals surface area contributed by atoms with Crippen LogP contribution in [0.3, 0.4) is 0 Å². The highest BCUT2D eigenvalue weighted by Crippen LogP contribution is 2.31. The zero-order chi connectivity index (χ0) is 25.7. The Kier molecular flexibility index (Phi) is 7.33. The number of ether oxygens (including phenoxy) is 2. The topological polar surface area (TPSA) is 114 Å². The maximum absolute atomic E-state index is 13.0. The predicted octanol–water partition coefficient (Wildman–Crippen LogP) is 4.79. The predicted molar refractivity (Wildman–Crippen MR) is 136 cm³/mol. The van der Waals surface area contributed by atoms with Gasteiger partial charge in [0.2, 0.25) is 0 Å². The number of benzene rings is 2. The minimum Gasteiger partial charge on any atom is -0.491 e. The highest BCUT2D eigenvalue weighted by Gasteiger charge is 2.20. The van der Waals surface area contributed by atoms with Crippen molar-refractivity contribution in [1.82, 2.24) is 25.5 Å². The van der Waals surface area contributed by atoms with Gasteiger partial charge in [-0.05, 0) is 58.0 Å². The van der Waals surface area contributed by atoms with Crippen LogP contribution < -0.4 is 20.1 Å². The van der Waals surface area contributed by atoms with Gasteiger partial charge < -0.3 is 20.1 Å². The molecule has 10 heteroatoms. The first-order valence-electron chi connectivity index (χ1n) is 11.6. The van der Waals surface area contributed by atoms with Crippen molar-refractivity contribution < 1.29 is 18.7 Å². The molecule has 4 rings (SSSR count). The highest BCUT2D eigenvalue weighted by molar-refractivity contribution is 5.93. The number of aromatic nitrogens is 4. The molecule has 0 saturated carbocycles. The van der Waals surface area contributed by atoms with Crippen molar-refractivity contribution in [2.24, 2.45) is 0 Å². The third-order valence-electron chi connectivity index (χ3n) is 5.07. The quantitative estimate of drug-likeness (QED) is 0.292. The van der Waals surface area contributed by atoms with Crippen LogP contribution in [0.1, 0.15) is 27.7 Å². The molecule has 0 aliphatic rings. The van der Waals surface area contributed by atoms with Crippen LogP contribution in [0.25, 0.3) is 22.3 Å². The number of halogens is 1. The zero-order valence-corrected chi connectivity index (χ0v) is 20.6. The first kappa shape index (κ1) is 24.9. The lowest BCUT2D eigenvalue weighted by Crippen LogP contribution is -2.47. The van der Waals surface area contributed by atoms with E-state index in [1.807, 2.05) is 38.1 Å². The number of hydrogen-bond acceptors (Lipinski definition) is 7. The molecule has 9 nitrogen and oxygen atoms in total. The van der Waals surface area contributed by atoms with Gasteiger partial charge in [-0.25, -0.2) is 14.4 Å². The number of hydrogen-bond donors (Lipinski definition) is 3. The average Bonchev–Trinajstić information content (AvgIpc) is 3.35. The number of aromatic amines is 1. The number of carbonyl (C=O) groups excluding carboxylic acids is 1. The van der Waals surface area contributed by atoms with E-state index in [1.54, 1.807) is 44.4 Å². The molecule has 0 aliphatic heterocycles. The molecule has 3 N–H and O–H groups in total. The summed E-state index contributed by atoms with van der Waals surface area (Å²) in [5.41, 5.74) is 1.23. The van der Waals surface area contributed by atoms with Gasteiger partial charge in [-0.15, -0.1) is 0 Å². The lowest BCUT2D eigenvalue weighted by atomic mass is 10.1. The minimum atomic E-state index is -0.945. The van der Waals surface area contributed by atoms with E-state index in [1.165, 1.54) is 0 Å². The van der Waals surface area contributed by atoms with Crippen LogP contribution in [0.5, 0.6) is 11.5 Å². The fourth-order valence-corrected chi connectivity index (χ4v) is 3.45. The van der Waals surface area contributed by atoms with E-state index < -0.39 is 18.1 Å². The summed E-state index contributed by atoms with van der Waals surface area (Å²) in [6.07, 6.45) is 3.42. The van der Waals surface area contributed by atoms with E-state index in [9.17, 15) is 9.18 Å². The first-order chi connectivity index (χ1) is 17.2. The Balaban J connectivity index is 1.63. The summed E-state index contributed by atoms with van der Waals surface area (Å²) in [7, 11) is 0. The fourth-order valence-electron chi connectivity index (χ4n) is 3.45. The summed E-state index contributed by atoms with van der Waals surface area (Å²) >= 11 is 0. The largest absolute Gasteiger partial charge is 0.491 e. The number of nitrogens with one attached hydrogen (secondary N) is 3. The summed E-state index contributed by atoms with van der Waals surface area (Å²) < 4.78 is 24.5. The second-order valence-corrected chi connectivity index (χ2v) is 9.24. The molecule has 0 bridgehead atoms. The van der Waals surface area contributed by atoms with Crippen molar-refractivity contribution in [2.45, 2.75) is 39.3 Å². The van der Waals surface area contributed by atoms with Crippen LogP contribution in [-0.4, -0.2) is 51.0 Å². The van der Waals surface area contributed by atoms with Crippen LogP contribution in [0, 0.1) is 0 Å². The van der Waals surface area contributed by atoms with Crippen LogP contribution in [0.4, 0.5) is 15.9 Å². The molecule has 188 valence electrons. The molecule has 2 aromatic carbocycles. The SMILES string of the molecule is CC(C)Oc1ccc2nc(-c3cccc(OCC(=O)NC(C)(C)CF)c3)nc(Nc3cn[nH]c3)c2c1. The van der Waals surface area contributed by atoms with Gasteiger partial charge >= 0.3 is 0 Å². The summed E-state index contributed by atoms with van der Waals surface area (Å²) in [4.78, 5) is 21.6. The number of fused-ring (bicyclic) bond motifs is 1. The van der Waals surface area contributed by atoms with Gasteiger partial charge in [-0.1, -0.05) is 12.1 Å². The summed E-state index contributed by atoms with van der Waals surface area (Å²) in [5, 5.41) is 13.4. The van der Waals surface area contributed by atoms with Gasteiger partial charge in [0.05, 0.1) is 29.0 Å². The van der Waals surface area contributed by atoms with E-state index in [4.69, 9.17) is 19.4 Å². The van der Waals surface area contributed by atoms with Gasteiger partial charge in [-0.2, -0.15) is 5.10 Å². The molecular weight excluding hydrogens is 463 g/mol. The second-order valence-electron chi connectivity index (χ2n) is 9.24. The van der Waals surface area contributed by atoms with Crippen molar-refractivity contribution in [2.75, 3.05) is 18.6 Å². The Morgan fingerprint density at radius 1 is 1.14 bits per heavy atom. The second kappa shape index (κ2) is 10.6. The normalized spacial score (nSPS) is 11.5. The standard InChI is InChI=1S/C26H29FN6O3/c1-16(2)36-20-8-9-22-21(11-20)25(30-18-12-28-29-13-18)32-24(31-22)17-6-5-7-19(10-17)35-14-23(34)33-26(3,4)15-27/h5-13,16H,14-15H2,1-4H3,(H,28,29)(H,33,34)(H,30,31,32). The smallest absolute Gasteiger partial charge is 0.258 e. The molecule has 36 heavy (non-hydrogen) atoms. The Morgan fingerprint density at radius 2 is 1.97 bits per heavy atom. The maximum Gasteiger partial charge on any atom is 0.258 e. The van der Waals surface area contributed by atoms with Crippen molar-refractivity contribution in [3.63, 3.8) is 0 Å². The van der Waals surface area contributed by atoms with E-state index in [0.717, 1.165) is 16.6 Å². The lowest BCUT2D eigenvalue weighted by Gasteiger charge is -2.22. The lowest BCUT2D eigenvalue weighted by molar-refractivity contribution is -0.124. The Labute approximate surface area is 208 Å². The first-order valence-corrected chi connectivity index (χ1v) is 11.6. The number of alkyl halides is 1. The third kappa shape index (κ3) is 6.26. The molecule has 1 amide bonds. The van der Waals surface area contributed by atoms with Crippen molar-refractivity contribution in [1.29, 1.82) is 0 Å². The third-order valence-corrected chi connectivity index (χ3v) is 5.07. The van der Waals surface area contributed by atoms with Crippen molar-refractivity contribution in [3.05, 3.63) is 54.9 Å². The summed E-state index contributed by atoms with van der Waals surface area (Å²) in [6, 6.07) is 12.8. The molecule has 2 aromatic heterocycles. The van der Waals surface area contributed by atoms with Gasteiger partial charge in [0, 0.05) is 17.1 Å². The maximum atomic E-state index is 13.0. The summed E-state index contributed by atoms with van der Waals surface area (Å²) in [5.74, 6) is 1.84. The van der Waals surface area contributed by atoms with E-state index in [0.29, 0.717) is 28.7 Å². The van der Waals surface area contributed by atoms with E-state index in [2.05, 4.69) is 20.8 Å². The minimum absolute atomic E-state index is 0.0285. The Bertz CT molecular complexity index is 1340. The van der Waals surface area contributed by atoms with Crippen molar-refractivity contribution >= 4 is 28.3 Å². The molecule has 0 fully saturated rings. The fraction of sp³-hybridized carbons (Fsp3) is 0.308. The van der Waals surface area contributed by atoms with Crippen LogP contribution in [-0.2, 0) is 4.79 Å². The van der Waals surface area contributed by atoms with Crippen molar-refractivity contribution in [3.8, 4) is 22.9 Å². The van der Waals surface area contributed by atoms with Gasteiger partial charge in [-0.3, -0.25) is 9.89 Å². The van der Waals surface area contributed by atoms with Crippen LogP contribution >= 0.6 is 0 Å². The van der Waals surface area contributed by atoms with Gasteiger partial charge in [0.15, 0.2) is 12.4 Å². The van der Waals surface area contributed by atoms with Crippen LogP contribution in [0.15, 0.2) is 54.9 Å². The van der Waals surface area contributed by atoms with Gasteiger partial charge in [0.25, 0.3) is 5.91 Å². The molecular formula is C26H29FN6O3. The highest BCUT2D eigenvalue weighted by atomic mass is 19.1. The Hall–Kier alpha value is -4.21. The number of amides is 1. The van der Waals surface area contributed by atoms with E-state index >= 15 is 0 Å². The summed E-state index contributed by atoms with van der Waals surface area (Å²) in [6.45, 7) is 6.24. The van der Waals surface area contributed by atoms with Crippen LogP contribution in [0.2, 0.25) is 0 Å². The molecule has 0 aliphatic carbocycles. The molecule has 0 unspecified atom stereocenters. The molecule has 0 atom stereocenters. The van der Waals surface area contributed by atoms with E-state index in [-0.39, 0.29) is 12.7 Å². The average molecular weight is 493 g/mol. The molecule has 0 radical (unpaired) electrons. The number of anilines is 2. The Morgan fingerprint density at radius 3 is 2.69 bits per heavy atom. The number of rotatable bonds is 10. The number of H-pyrrole nitrogens is 1. The monoisotopic (exact) mass is 492 g/mol. The molecule has 4 aromatic rings. The zero-order valence-electron chi connectivity index (χ0n) is 20.6. The molecule has 0 spiro atoms. The molecule has 2 heterocycles. The van der Waals surface area contributed by atoms with Gasteiger partial charge in [0.1, 0.15) is 24.0 Å². The molecule has 0 saturated heterocycles.